The smallest absolute Gasteiger partial charge is 0.290 e. The van der Waals surface area contributed by atoms with Crippen LogP contribution in [0.25, 0.3) is 0 Å². The molecule has 2 aromatic carbocycles. The first kappa shape index (κ1) is 21.8. The number of aliphatic hydroxyl groups is 1. The van der Waals surface area contributed by atoms with Crippen LogP contribution in [-0.2, 0) is 16.0 Å². The Morgan fingerprint density at radius 2 is 1.77 bits per heavy atom. The van der Waals surface area contributed by atoms with Crippen LogP contribution in [0.15, 0.2) is 53.8 Å². The minimum absolute atomic E-state index is 0.0221. The normalized spacial score (nSPS) is 15.9. The molecule has 0 unspecified atom stereocenters. The van der Waals surface area contributed by atoms with Gasteiger partial charge in [0.05, 0.1) is 30.8 Å². The zero-order valence-electron chi connectivity index (χ0n) is 17.3. The highest BCUT2D eigenvalue weighted by Gasteiger charge is 2.42. The van der Waals surface area contributed by atoms with Crippen LogP contribution < -0.4 is 9.47 Å². The van der Waals surface area contributed by atoms with Gasteiger partial charge in [-0.3, -0.25) is 19.7 Å². The number of Topliss-reactive ketones (excluding diaryl/α,β-unsaturated/α-hetero) is 1. The second-order valence-electron chi connectivity index (χ2n) is 7.01. The molecule has 0 aliphatic carbocycles. The molecule has 9 nitrogen and oxygen atoms in total. The SMILES string of the molecule is COc1ccc(CCN2C(=O)C(O)=C(C(C)=O)[C@H]2c2ccc([N+](=O)[O-])cc2)cc1OC. The number of benzene rings is 2. The van der Waals surface area contributed by atoms with Crippen LogP contribution in [0.2, 0.25) is 0 Å². The maximum absolute atomic E-state index is 12.7. The Bertz CT molecular complexity index is 1060. The van der Waals surface area contributed by atoms with Crippen LogP contribution in [0.5, 0.6) is 11.5 Å². The number of hydrogen-bond donors (Lipinski definition) is 1. The number of amides is 1. The van der Waals surface area contributed by atoms with Crippen molar-refractivity contribution in [3.8, 4) is 11.5 Å². The van der Waals surface area contributed by atoms with Gasteiger partial charge in [-0.05, 0) is 48.7 Å². The Morgan fingerprint density at radius 1 is 1.13 bits per heavy atom. The molecule has 1 aliphatic rings. The van der Waals surface area contributed by atoms with Crippen LogP contribution in [-0.4, -0.2) is 47.4 Å². The Hall–Kier alpha value is -3.88. The number of carbonyl (C=O) groups excluding carboxylic acids is 2. The number of methoxy groups -OCH3 is 2. The van der Waals surface area contributed by atoms with E-state index in [1.807, 2.05) is 6.07 Å². The van der Waals surface area contributed by atoms with Gasteiger partial charge in [0, 0.05) is 18.7 Å². The fourth-order valence-electron chi connectivity index (χ4n) is 3.65. The first-order valence-corrected chi connectivity index (χ1v) is 9.48. The van der Waals surface area contributed by atoms with E-state index in [0.717, 1.165) is 5.56 Å². The van der Waals surface area contributed by atoms with Crippen molar-refractivity contribution >= 4 is 17.4 Å². The molecule has 1 aliphatic heterocycles. The average Bonchev–Trinajstić information content (AvgIpc) is 3.02. The highest BCUT2D eigenvalue weighted by Crippen LogP contribution is 2.38. The summed E-state index contributed by atoms with van der Waals surface area (Å²) in [6, 6.07) is 10.1. The van der Waals surface area contributed by atoms with Crippen LogP contribution in [0, 0.1) is 10.1 Å². The van der Waals surface area contributed by atoms with Crippen molar-refractivity contribution in [1.29, 1.82) is 0 Å². The molecule has 2 aromatic rings. The van der Waals surface area contributed by atoms with Crippen molar-refractivity contribution in [2.75, 3.05) is 20.8 Å². The van der Waals surface area contributed by atoms with Gasteiger partial charge in [0.15, 0.2) is 23.0 Å². The summed E-state index contributed by atoms with van der Waals surface area (Å²) < 4.78 is 10.5. The lowest BCUT2D eigenvalue weighted by Crippen LogP contribution is -2.32. The summed E-state index contributed by atoms with van der Waals surface area (Å²) in [5.74, 6) is -0.574. The molecule has 1 atom stereocenters. The summed E-state index contributed by atoms with van der Waals surface area (Å²) in [5.41, 5.74) is 1.23. The lowest BCUT2D eigenvalue weighted by atomic mass is 9.96. The van der Waals surface area contributed by atoms with E-state index in [1.54, 1.807) is 12.1 Å². The van der Waals surface area contributed by atoms with Crippen molar-refractivity contribution in [3.63, 3.8) is 0 Å². The van der Waals surface area contributed by atoms with Gasteiger partial charge in [0.25, 0.3) is 11.6 Å². The molecule has 0 spiro atoms. The molecule has 0 aromatic heterocycles. The monoisotopic (exact) mass is 426 g/mol. The van der Waals surface area contributed by atoms with Crippen LogP contribution in [0.1, 0.15) is 24.1 Å². The third-order valence-electron chi connectivity index (χ3n) is 5.19. The zero-order valence-corrected chi connectivity index (χ0v) is 17.3. The van der Waals surface area contributed by atoms with Gasteiger partial charge in [-0.1, -0.05) is 6.07 Å². The molecular formula is C22H22N2O7. The van der Waals surface area contributed by atoms with Crippen LogP contribution in [0.3, 0.4) is 0 Å². The largest absolute Gasteiger partial charge is 0.503 e. The molecule has 162 valence electrons. The standard InChI is InChI=1S/C22H22N2O7/c1-13(25)19-20(15-5-7-16(8-6-15)24(28)29)23(22(27)21(19)26)11-10-14-4-9-17(30-2)18(12-14)31-3/h4-9,12,20,26H,10-11H2,1-3H3/t20-/m1/s1. The summed E-state index contributed by atoms with van der Waals surface area (Å²) in [6.45, 7) is 1.48. The molecule has 0 saturated carbocycles. The number of nitro benzene ring substituents is 1. The van der Waals surface area contributed by atoms with Crippen molar-refractivity contribution in [2.45, 2.75) is 19.4 Å². The van der Waals surface area contributed by atoms with E-state index >= 15 is 0 Å². The van der Waals surface area contributed by atoms with Gasteiger partial charge in [-0.25, -0.2) is 0 Å². The molecule has 1 heterocycles. The highest BCUT2D eigenvalue weighted by molar-refractivity contribution is 6.08. The van der Waals surface area contributed by atoms with E-state index in [9.17, 15) is 24.8 Å². The molecule has 0 saturated heterocycles. The van der Waals surface area contributed by atoms with E-state index in [-0.39, 0.29) is 17.8 Å². The van der Waals surface area contributed by atoms with Crippen LogP contribution >= 0.6 is 0 Å². The predicted molar refractivity (Wildman–Crippen MR) is 111 cm³/mol. The minimum atomic E-state index is -0.828. The maximum Gasteiger partial charge on any atom is 0.290 e. The maximum atomic E-state index is 12.7. The lowest BCUT2D eigenvalue weighted by molar-refractivity contribution is -0.384. The van der Waals surface area contributed by atoms with Gasteiger partial charge >= 0.3 is 0 Å². The molecule has 0 radical (unpaired) electrons. The van der Waals surface area contributed by atoms with Gasteiger partial charge < -0.3 is 19.5 Å². The number of ketones is 1. The van der Waals surface area contributed by atoms with E-state index < -0.39 is 28.4 Å². The van der Waals surface area contributed by atoms with Crippen molar-refractivity contribution in [3.05, 3.63) is 75.0 Å². The number of hydrogen-bond acceptors (Lipinski definition) is 7. The first-order chi connectivity index (χ1) is 14.8. The Labute approximate surface area is 178 Å². The molecule has 0 bridgehead atoms. The number of rotatable bonds is 8. The summed E-state index contributed by atoms with van der Waals surface area (Å²) >= 11 is 0. The van der Waals surface area contributed by atoms with Gasteiger partial charge in [-0.2, -0.15) is 0 Å². The molecule has 1 amide bonds. The predicted octanol–water partition coefficient (Wildman–Crippen LogP) is 3.14. The number of non-ortho nitro benzene ring substituents is 1. The second-order valence-corrected chi connectivity index (χ2v) is 7.01. The molecule has 1 N–H and O–H groups in total. The highest BCUT2D eigenvalue weighted by atomic mass is 16.6. The second kappa shape index (κ2) is 8.86. The Kier molecular flexibility index (Phi) is 6.24. The van der Waals surface area contributed by atoms with Gasteiger partial charge in [-0.15, -0.1) is 0 Å². The number of nitrogens with zero attached hydrogens (tertiary/aromatic N) is 2. The average molecular weight is 426 g/mol. The van der Waals surface area contributed by atoms with Gasteiger partial charge in [0.1, 0.15) is 0 Å². The summed E-state index contributed by atoms with van der Waals surface area (Å²) in [7, 11) is 3.06. The van der Waals surface area contributed by atoms with Gasteiger partial charge in [0.2, 0.25) is 0 Å². The Morgan fingerprint density at radius 3 is 2.32 bits per heavy atom. The van der Waals surface area contributed by atoms with Crippen molar-refractivity contribution in [1.82, 2.24) is 4.90 Å². The van der Waals surface area contributed by atoms with E-state index in [1.165, 1.54) is 50.3 Å². The lowest BCUT2D eigenvalue weighted by Gasteiger charge is -2.26. The number of carbonyl (C=O) groups is 2. The fourth-order valence-corrected chi connectivity index (χ4v) is 3.65. The number of ether oxygens (including phenoxy) is 2. The molecule has 3 rings (SSSR count). The quantitative estimate of drug-likeness (QED) is 0.509. The Balaban J connectivity index is 1.91. The zero-order chi connectivity index (χ0) is 22.7. The van der Waals surface area contributed by atoms with E-state index in [4.69, 9.17) is 9.47 Å². The van der Waals surface area contributed by atoms with E-state index in [0.29, 0.717) is 23.5 Å². The third kappa shape index (κ3) is 4.20. The topological polar surface area (TPSA) is 119 Å². The molecule has 9 heteroatoms. The molecule has 31 heavy (non-hydrogen) atoms. The minimum Gasteiger partial charge on any atom is -0.503 e. The molecular weight excluding hydrogens is 404 g/mol. The van der Waals surface area contributed by atoms with E-state index in [2.05, 4.69) is 0 Å². The summed E-state index contributed by atoms with van der Waals surface area (Å²) in [6.07, 6.45) is 0.425. The van der Waals surface area contributed by atoms with Crippen LogP contribution in [0.4, 0.5) is 5.69 Å². The molecule has 0 fully saturated rings. The fraction of sp³-hybridized carbons (Fsp3) is 0.273. The summed E-state index contributed by atoms with van der Waals surface area (Å²) in [5, 5.41) is 21.3. The number of aliphatic hydroxyl groups excluding tert-OH is 1. The van der Waals surface area contributed by atoms with Crippen molar-refractivity contribution in [2.24, 2.45) is 0 Å². The first-order valence-electron chi connectivity index (χ1n) is 9.48. The summed E-state index contributed by atoms with van der Waals surface area (Å²) in [4.78, 5) is 36.7. The number of nitro groups is 1. The van der Waals surface area contributed by atoms with Crippen molar-refractivity contribution < 1.29 is 29.1 Å². The third-order valence-corrected chi connectivity index (χ3v) is 5.19.